The van der Waals surface area contributed by atoms with Crippen LogP contribution in [0.25, 0.3) is 16.9 Å². The quantitative estimate of drug-likeness (QED) is 0.136. The fourth-order valence-electron chi connectivity index (χ4n) is 5.29. The average Bonchev–Trinajstić information content (AvgIpc) is 3.51. The molecule has 0 radical (unpaired) electrons. The lowest BCUT2D eigenvalue weighted by atomic mass is 9.79. The minimum absolute atomic E-state index is 0.00818. The van der Waals surface area contributed by atoms with Crippen LogP contribution in [0.4, 0.5) is 4.39 Å². The highest BCUT2D eigenvalue weighted by atomic mass is 19.1. The van der Waals surface area contributed by atoms with Crippen molar-refractivity contribution in [3.63, 3.8) is 0 Å². The molecule has 0 aliphatic carbocycles. The molecule has 0 saturated heterocycles. The van der Waals surface area contributed by atoms with E-state index >= 15 is 0 Å². The van der Waals surface area contributed by atoms with E-state index in [0.29, 0.717) is 39.5 Å². The van der Waals surface area contributed by atoms with E-state index in [9.17, 15) is 14.0 Å². The van der Waals surface area contributed by atoms with Crippen LogP contribution < -0.4 is 10.1 Å². The van der Waals surface area contributed by atoms with Crippen LogP contribution in [0.1, 0.15) is 30.9 Å². The lowest BCUT2D eigenvalue weighted by Crippen LogP contribution is -2.32. The van der Waals surface area contributed by atoms with Gasteiger partial charge in [-0.15, -0.1) is 0 Å². The molecule has 0 atom stereocenters. The van der Waals surface area contributed by atoms with Crippen LogP contribution in [0.15, 0.2) is 133 Å². The SMILES string of the molecule is C=CCOC(=O)C1=C(C)NC(C)=C(C(=O)OCC=C)C1c1cn(-c2ccccc2)nc1-c1ccc(OCc2ccccc2F)cc1. The molecule has 1 aliphatic heterocycles. The maximum atomic E-state index is 14.1. The molecule has 2 heterocycles. The van der Waals surface area contributed by atoms with Crippen molar-refractivity contribution in [2.45, 2.75) is 26.4 Å². The molecule has 46 heavy (non-hydrogen) atoms. The number of hydrogen-bond acceptors (Lipinski definition) is 7. The summed E-state index contributed by atoms with van der Waals surface area (Å²) in [7, 11) is 0. The summed E-state index contributed by atoms with van der Waals surface area (Å²) in [5.41, 5.74) is 4.60. The van der Waals surface area contributed by atoms with E-state index in [1.165, 1.54) is 18.2 Å². The summed E-state index contributed by atoms with van der Waals surface area (Å²) in [5, 5.41) is 8.11. The van der Waals surface area contributed by atoms with Crippen LogP contribution in [0, 0.1) is 5.82 Å². The number of carbonyl (C=O) groups excluding carboxylic acids is 2. The largest absolute Gasteiger partial charge is 0.489 e. The Morgan fingerprint density at radius 3 is 2.04 bits per heavy atom. The lowest BCUT2D eigenvalue weighted by Gasteiger charge is -2.30. The predicted molar refractivity (Wildman–Crippen MR) is 173 cm³/mol. The first-order chi connectivity index (χ1) is 22.3. The standard InChI is InChI=1S/C37H34FN3O5/c1-5-20-44-36(42)32-24(3)39-25(4)33(37(43)45-21-6-2)34(32)30-22-41(28-13-8-7-9-14-28)40-35(30)26-16-18-29(19-17-26)46-23-27-12-10-11-15-31(27)38/h5-19,22,34,39H,1-2,20-21,23H2,3-4H3. The third kappa shape index (κ3) is 6.83. The first-order valence-electron chi connectivity index (χ1n) is 14.7. The van der Waals surface area contributed by atoms with E-state index in [0.717, 1.165) is 5.69 Å². The normalized spacial score (nSPS) is 13.2. The first kappa shape index (κ1) is 31.7. The van der Waals surface area contributed by atoms with Gasteiger partial charge in [-0.05, 0) is 56.3 Å². The molecule has 1 N–H and O–H groups in total. The number of nitrogens with one attached hydrogen (secondary N) is 1. The van der Waals surface area contributed by atoms with Gasteiger partial charge >= 0.3 is 11.9 Å². The number of ether oxygens (including phenoxy) is 3. The fraction of sp³-hybridized carbons (Fsp3) is 0.162. The van der Waals surface area contributed by atoms with Gasteiger partial charge in [0.25, 0.3) is 0 Å². The van der Waals surface area contributed by atoms with Crippen LogP contribution >= 0.6 is 0 Å². The third-order valence-electron chi connectivity index (χ3n) is 7.42. The van der Waals surface area contributed by atoms with Gasteiger partial charge in [0, 0.05) is 34.3 Å². The van der Waals surface area contributed by atoms with Crippen LogP contribution in [-0.2, 0) is 25.7 Å². The molecular weight excluding hydrogens is 585 g/mol. The average molecular weight is 620 g/mol. The van der Waals surface area contributed by atoms with Gasteiger partial charge in [0.1, 0.15) is 31.4 Å². The highest BCUT2D eigenvalue weighted by Gasteiger charge is 2.40. The fourth-order valence-corrected chi connectivity index (χ4v) is 5.29. The number of para-hydroxylation sites is 1. The lowest BCUT2D eigenvalue weighted by molar-refractivity contribution is -0.138. The minimum atomic E-state index is -0.889. The molecule has 0 spiro atoms. The van der Waals surface area contributed by atoms with Crippen molar-refractivity contribution in [3.05, 3.63) is 150 Å². The Kier molecular flexibility index (Phi) is 9.92. The monoisotopic (exact) mass is 619 g/mol. The molecule has 0 saturated carbocycles. The van der Waals surface area contributed by atoms with Crippen molar-refractivity contribution in [3.8, 4) is 22.7 Å². The molecule has 0 amide bonds. The molecule has 1 aliphatic rings. The van der Waals surface area contributed by atoms with Gasteiger partial charge in [-0.25, -0.2) is 18.7 Å². The summed E-state index contributed by atoms with van der Waals surface area (Å²) >= 11 is 0. The number of allylic oxidation sites excluding steroid dienone is 2. The summed E-state index contributed by atoms with van der Waals surface area (Å²) in [6.07, 6.45) is 4.77. The van der Waals surface area contributed by atoms with Gasteiger partial charge in [-0.1, -0.05) is 61.7 Å². The highest BCUT2D eigenvalue weighted by Crippen LogP contribution is 2.43. The molecule has 0 unspecified atom stereocenters. The Morgan fingerprint density at radius 2 is 1.46 bits per heavy atom. The number of esters is 2. The Hall–Kier alpha value is -5.70. The summed E-state index contributed by atoms with van der Waals surface area (Å²) in [4.78, 5) is 27.2. The molecule has 3 aromatic carbocycles. The maximum absolute atomic E-state index is 14.1. The van der Waals surface area contributed by atoms with Crippen molar-refractivity contribution in [1.29, 1.82) is 0 Å². The first-order valence-corrected chi connectivity index (χ1v) is 14.7. The Balaban J connectivity index is 1.63. The zero-order valence-corrected chi connectivity index (χ0v) is 25.7. The molecule has 8 nitrogen and oxygen atoms in total. The maximum Gasteiger partial charge on any atom is 0.337 e. The van der Waals surface area contributed by atoms with Crippen molar-refractivity contribution < 1.29 is 28.2 Å². The number of rotatable bonds is 12. The van der Waals surface area contributed by atoms with Crippen molar-refractivity contribution in [2.75, 3.05) is 13.2 Å². The number of hydrogen-bond donors (Lipinski definition) is 1. The van der Waals surface area contributed by atoms with E-state index < -0.39 is 17.9 Å². The number of dihydropyridines is 1. The smallest absolute Gasteiger partial charge is 0.337 e. The molecular formula is C37H34FN3O5. The molecule has 0 bridgehead atoms. The summed E-state index contributed by atoms with van der Waals surface area (Å²) in [6, 6.07) is 23.2. The van der Waals surface area contributed by atoms with Crippen molar-refractivity contribution >= 4 is 11.9 Å². The number of nitrogens with zero attached hydrogens (tertiary/aromatic N) is 2. The van der Waals surface area contributed by atoms with Gasteiger partial charge in [-0.3, -0.25) is 0 Å². The van der Waals surface area contributed by atoms with Gasteiger partial charge in [-0.2, -0.15) is 5.10 Å². The number of aromatic nitrogens is 2. The second kappa shape index (κ2) is 14.4. The third-order valence-corrected chi connectivity index (χ3v) is 7.42. The van der Waals surface area contributed by atoms with E-state index in [2.05, 4.69) is 18.5 Å². The van der Waals surface area contributed by atoms with Crippen LogP contribution in [0.2, 0.25) is 0 Å². The topological polar surface area (TPSA) is 91.7 Å². The molecule has 4 aromatic rings. The highest BCUT2D eigenvalue weighted by molar-refractivity contribution is 6.00. The number of benzene rings is 3. The second-order valence-electron chi connectivity index (χ2n) is 10.5. The molecule has 5 rings (SSSR count). The van der Waals surface area contributed by atoms with E-state index in [1.807, 2.05) is 48.7 Å². The minimum Gasteiger partial charge on any atom is -0.489 e. The van der Waals surface area contributed by atoms with Gasteiger partial charge in [0.2, 0.25) is 0 Å². The Labute approximate surface area is 267 Å². The Morgan fingerprint density at radius 1 is 0.870 bits per heavy atom. The van der Waals surface area contributed by atoms with Crippen LogP contribution in [0.3, 0.4) is 0 Å². The van der Waals surface area contributed by atoms with Crippen LogP contribution in [0.5, 0.6) is 5.75 Å². The second-order valence-corrected chi connectivity index (χ2v) is 10.5. The van der Waals surface area contributed by atoms with E-state index in [4.69, 9.17) is 19.3 Å². The molecule has 0 fully saturated rings. The number of carbonyl (C=O) groups is 2. The zero-order valence-electron chi connectivity index (χ0n) is 25.7. The van der Waals surface area contributed by atoms with Crippen LogP contribution in [-0.4, -0.2) is 34.9 Å². The van der Waals surface area contributed by atoms with E-state index in [1.54, 1.807) is 48.9 Å². The van der Waals surface area contributed by atoms with Gasteiger partial charge < -0.3 is 19.5 Å². The predicted octanol–water partition coefficient (Wildman–Crippen LogP) is 6.95. The summed E-state index contributed by atoms with van der Waals surface area (Å²) < 4.78 is 32.7. The van der Waals surface area contributed by atoms with Gasteiger partial charge in [0.15, 0.2) is 0 Å². The summed E-state index contributed by atoms with van der Waals surface area (Å²) in [6.45, 7) is 10.9. The molecule has 234 valence electrons. The summed E-state index contributed by atoms with van der Waals surface area (Å²) in [5.74, 6) is -1.90. The van der Waals surface area contributed by atoms with Crippen molar-refractivity contribution in [1.82, 2.24) is 15.1 Å². The molecule has 1 aromatic heterocycles. The zero-order chi connectivity index (χ0) is 32.6. The number of halogens is 1. The van der Waals surface area contributed by atoms with Gasteiger partial charge in [0.05, 0.1) is 28.4 Å². The Bertz CT molecular complexity index is 1780. The van der Waals surface area contributed by atoms with Crippen molar-refractivity contribution in [2.24, 2.45) is 0 Å². The van der Waals surface area contributed by atoms with E-state index in [-0.39, 0.29) is 36.8 Å². The molecule has 9 heteroatoms.